The van der Waals surface area contributed by atoms with E-state index in [9.17, 15) is 18.0 Å². The lowest BCUT2D eigenvalue weighted by molar-refractivity contribution is 0.0466. The Morgan fingerprint density at radius 3 is 2.48 bits per heavy atom. The number of hydrogen-bond acceptors (Lipinski definition) is 3. The van der Waals surface area contributed by atoms with Crippen LogP contribution in [0, 0.1) is 17.5 Å². The molecule has 0 aliphatic rings. The van der Waals surface area contributed by atoms with Gasteiger partial charge in [-0.3, -0.25) is 0 Å². The summed E-state index contributed by atoms with van der Waals surface area (Å²) in [5.41, 5.74) is 4.49. The first-order chi connectivity index (χ1) is 9.88. The van der Waals surface area contributed by atoms with Crippen LogP contribution in [0.1, 0.15) is 15.9 Å². The SMILES string of the molecule is Nc1cc(F)c(C(=O)OCc2ccc(Cl)c(F)c2)cc1F. The van der Waals surface area contributed by atoms with Gasteiger partial charge in [-0.2, -0.15) is 0 Å². The van der Waals surface area contributed by atoms with E-state index >= 15 is 0 Å². The van der Waals surface area contributed by atoms with Crippen LogP contribution in [-0.4, -0.2) is 5.97 Å². The number of rotatable bonds is 3. The minimum Gasteiger partial charge on any atom is -0.457 e. The monoisotopic (exact) mass is 315 g/mol. The summed E-state index contributed by atoms with van der Waals surface area (Å²) in [5.74, 6) is -3.68. The average molecular weight is 316 g/mol. The molecule has 2 rings (SSSR count). The molecule has 3 nitrogen and oxygen atoms in total. The van der Waals surface area contributed by atoms with Crippen LogP contribution < -0.4 is 5.73 Å². The average Bonchev–Trinajstić information content (AvgIpc) is 2.44. The molecular formula is C14H9ClF3NO2. The van der Waals surface area contributed by atoms with E-state index in [-0.39, 0.29) is 11.6 Å². The Morgan fingerprint density at radius 1 is 1.10 bits per heavy atom. The molecule has 2 aromatic carbocycles. The van der Waals surface area contributed by atoms with Gasteiger partial charge in [0.15, 0.2) is 0 Å². The molecule has 0 heterocycles. The van der Waals surface area contributed by atoms with E-state index in [0.29, 0.717) is 17.7 Å². The lowest BCUT2D eigenvalue weighted by Gasteiger charge is -2.07. The predicted octanol–water partition coefficient (Wildman–Crippen LogP) is 3.70. The number of benzene rings is 2. The van der Waals surface area contributed by atoms with Crippen LogP contribution in [0.15, 0.2) is 30.3 Å². The molecule has 0 aliphatic carbocycles. The molecule has 0 spiro atoms. The van der Waals surface area contributed by atoms with Gasteiger partial charge in [0, 0.05) is 6.07 Å². The fourth-order valence-corrected chi connectivity index (χ4v) is 1.69. The number of nitrogen functional groups attached to an aromatic ring is 1. The molecule has 2 N–H and O–H groups in total. The highest BCUT2D eigenvalue weighted by atomic mass is 35.5. The first-order valence-electron chi connectivity index (χ1n) is 5.74. The van der Waals surface area contributed by atoms with Crippen molar-refractivity contribution >= 4 is 23.3 Å². The molecule has 0 saturated heterocycles. The molecule has 0 radical (unpaired) electrons. The number of nitrogens with two attached hydrogens (primary N) is 1. The van der Waals surface area contributed by atoms with Gasteiger partial charge in [-0.05, 0) is 23.8 Å². The van der Waals surface area contributed by atoms with Gasteiger partial charge in [0.05, 0.1) is 16.3 Å². The first-order valence-corrected chi connectivity index (χ1v) is 6.12. The number of carbonyl (C=O) groups excluding carboxylic acids is 1. The van der Waals surface area contributed by atoms with Crippen LogP contribution in [0.5, 0.6) is 0 Å². The fraction of sp³-hybridized carbons (Fsp3) is 0.0714. The number of esters is 1. The number of carbonyl (C=O) groups is 1. The van der Waals surface area contributed by atoms with Crippen LogP contribution >= 0.6 is 11.6 Å². The van der Waals surface area contributed by atoms with Crippen LogP contribution in [0.4, 0.5) is 18.9 Å². The summed E-state index contributed by atoms with van der Waals surface area (Å²) >= 11 is 5.51. The first kappa shape index (κ1) is 15.2. The summed E-state index contributed by atoms with van der Waals surface area (Å²) in [5, 5.41) is -0.0725. The minimum atomic E-state index is -1.08. The second-order valence-corrected chi connectivity index (χ2v) is 4.59. The normalized spacial score (nSPS) is 10.5. The van der Waals surface area contributed by atoms with Gasteiger partial charge >= 0.3 is 5.97 Å². The second kappa shape index (κ2) is 6.05. The van der Waals surface area contributed by atoms with Crippen LogP contribution in [-0.2, 0) is 11.3 Å². The summed E-state index contributed by atoms with van der Waals surface area (Å²) in [6.45, 7) is -0.307. The topological polar surface area (TPSA) is 52.3 Å². The van der Waals surface area contributed by atoms with Gasteiger partial charge < -0.3 is 10.5 Å². The zero-order valence-corrected chi connectivity index (χ0v) is 11.3. The number of hydrogen-bond donors (Lipinski definition) is 1. The van der Waals surface area contributed by atoms with Crippen molar-refractivity contribution in [3.8, 4) is 0 Å². The van der Waals surface area contributed by atoms with Crippen molar-refractivity contribution in [2.75, 3.05) is 5.73 Å². The smallest absolute Gasteiger partial charge is 0.341 e. The minimum absolute atomic E-state index is 0.0725. The van der Waals surface area contributed by atoms with E-state index in [1.54, 1.807) is 0 Å². The van der Waals surface area contributed by atoms with Crippen molar-refractivity contribution in [3.05, 3.63) is 63.9 Å². The molecule has 0 bridgehead atoms. The van der Waals surface area contributed by atoms with Crippen LogP contribution in [0.25, 0.3) is 0 Å². The largest absolute Gasteiger partial charge is 0.457 e. The number of ether oxygens (including phenoxy) is 1. The molecule has 21 heavy (non-hydrogen) atoms. The maximum Gasteiger partial charge on any atom is 0.341 e. The summed E-state index contributed by atoms with van der Waals surface area (Å²) < 4.78 is 44.7. The Labute approximate surface area is 123 Å². The van der Waals surface area contributed by atoms with Gasteiger partial charge in [0.1, 0.15) is 24.1 Å². The zero-order valence-electron chi connectivity index (χ0n) is 10.5. The molecule has 0 unspecified atom stereocenters. The van der Waals surface area contributed by atoms with Crippen molar-refractivity contribution in [1.29, 1.82) is 0 Å². The summed E-state index contributed by atoms with van der Waals surface area (Å²) in [6, 6.07) is 5.15. The summed E-state index contributed by atoms with van der Waals surface area (Å²) in [6.07, 6.45) is 0. The van der Waals surface area contributed by atoms with Gasteiger partial charge in [0.2, 0.25) is 0 Å². The van der Waals surface area contributed by atoms with E-state index in [1.807, 2.05) is 0 Å². The van der Waals surface area contributed by atoms with E-state index < -0.39 is 34.7 Å². The number of anilines is 1. The highest BCUT2D eigenvalue weighted by Crippen LogP contribution is 2.19. The molecule has 2 aromatic rings. The third-order valence-corrected chi connectivity index (χ3v) is 2.97. The van der Waals surface area contributed by atoms with E-state index in [2.05, 4.69) is 0 Å². The standard InChI is InChI=1S/C14H9ClF3NO2/c15-9-2-1-7(3-11(9)17)6-21-14(20)8-4-12(18)13(19)5-10(8)16/h1-5H,6,19H2. The second-order valence-electron chi connectivity index (χ2n) is 4.18. The third-order valence-electron chi connectivity index (χ3n) is 2.66. The third kappa shape index (κ3) is 3.46. The molecule has 7 heteroatoms. The van der Waals surface area contributed by atoms with Crippen LogP contribution in [0.2, 0.25) is 5.02 Å². The van der Waals surface area contributed by atoms with Gasteiger partial charge in [0.25, 0.3) is 0 Å². The molecule has 0 aliphatic heterocycles. The van der Waals surface area contributed by atoms with Crippen molar-refractivity contribution in [1.82, 2.24) is 0 Å². The molecule has 0 fully saturated rings. The summed E-state index contributed by atoms with van der Waals surface area (Å²) in [4.78, 5) is 11.7. The zero-order chi connectivity index (χ0) is 15.6. The van der Waals surface area contributed by atoms with Crippen molar-refractivity contribution in [2.45, 2.75) is 6.61 Å². The van der Waals surface area contributed by atoms with Gasteiger partial charge in [-0.25, -0.2) is 18.0 Å². The molecule has 0 saturated carbocycles. The van der Waals surface area contributed by atoms with Crippen molar-refractivity contribution in [3.63, 3.8) is 0 Å². The van der Waals surface area contributed by atoms with Crippen LogP contribution in [0.3, 0.4) is 0 Å². The maximum absolute atomic E-state index is 13.5. The van der Waals surface area contributed by atoms with Crippen molar-refractivity contribution < 1.29 is 22.7 Å². The lowest BCUT2D eigenvalue weighted by Crippen LogP contribution is -2.09. The molecule has 110 valence electrons. The van der Waals surface area contributed by atoms with Gasteiger partial charge in [-0.15, -0.1) is 0 Å². The molecular weight excluding hydrogens is 307 g/mol. The lowest BCUT2D eigenvalue weighted by atomic mass is 10.2. The highest BCUT2D eigenvalue weighted by Gasteiger charge is 2.16. The Hall–Kier alpha value is -2.21. The Balaban J connectivity index is 2.11. The summed E-state index contributed by atoms with van der Waals surface area (Å²) in [7, 11) is 0. The van der Waals surface area contributed by atoms with Gasteiger partial charge in [-0.1, -0.05) is 17.7 Å². The Bertz CT molecular complexity index is 707. The van der Waals surface area contributed by atoms with Crippen molar-refractivity contribution in [2.24, 2.45) is 0 Å². The fourth-order valence-electron chi connectivity index (χ4n) is 1.57. The molecule has 0 aromatic heterocycles. The molecule has 0 amide bonds. The maximum atomic E-state index is 13.5. The molecule has 0 atom stereocenters. The highest BCUT2D eigenvalue weighted by molar-refractivity contribution is 6.30. The predicted molar refractivity (Wildman–Crippen MR) is 71.3 cm³/mol. The Kier molecular flexibility index (Phi) is 4.37. The Morgan fingerprint density at radius 2 is 1.81 bits per heavy atom. The quantitative estimate of drug-likeness (QED) is 0.694. The van der Waals surface area contributed by atoms with E-state index in [0.717, 1.165) is 6.07 Å². The van der Waals surface area contributed by atoms with E-state index in [4.69, 9.17) is 22.1 Å². The van der Waals surface area contributed by atoms with E-state index in [1.165, 1.54) is 12.1 Å². The number of halogens is 4.